The summed E-state index contributed by atoms with van der Waals surface area (Å²) in [6.07, 6.45) is 0. The Hall–Kier alpha value is -2.93. The molecule has 2 aromatic carbocycles. The van der Waals surface area contributed by atoms with Crippen LogP contribution in [0, 0.1) is 10.1 Å². The molecule has 0 bridgehead atoms. The number of nitrogens with zero attached hydrogens (tertiary/aromatic N) is 2. The third-order valence-electron chi connectivity index (χ3n) is 4.41. The van der Waals surface area contributed by atoms with Gasteiger partial charge in [0.2, 0.25) is 0 Å². The van der Waals surface area contributed by atoms with Crippen molar-refractivity contribution in [2.45, 2.75) is 13.0 Å². The molecule has 1 amide bonds. The van der Waals surface area contributed by atoms with Crippen LogP contribution in [0.4, 0.5) is 11.4 Å². The zero-order valence-electron chi connectivity index (χ0n) is 14.6. The topological polar surface area (TPSA) is 84.7 Å². The SMILES string of the molecule is C[C@H](Nc1ccc(C(=O)N2CCOCC2)cc1[N+](=O)[O-])c1ccccc1. The van der Waals surface area contributed by atoms with Gasteiger partial charge in [-0.1, -0.05) is 30.3 Å². The molecule has 1 aliphatic heterocycles. The van der Waals surface area contributed by atoms with E-state index in [1.807, 2.05) is 37.3 Å². The summed E-state index contributed by atoms with van der Waals surface area (Å²) >= 11 is 0. The van der Waals surface area contributed by atoms with Crippen LogP contribution in [0.15, 0.2) is 48.5 Å². The number of hydrogen-bond acceptors (Lipinski definition) is 5. The number of morpholine rings is 1. The first-order valence-electron chi connectivity index (χ1n) is 8.53. The fraction of sp³-hybridized carbons (Fsp3) is 0.316. The Morgan fingerprint density at radius 2 is 1.88 bits per heavy atom. The van der Waals surface area contributed by atoms with Gasteiger partial charge in [0.05, 0.1) is 18.1 Å². The van der Waals surface area contributed by atoms with Crippen LogP contribution in [-0.2, 0) is 4.74 Å². The van der Waals surface area contributed by atoms with Gasteiger partial charge in [-0.2, -0.15) is 0 Å². The lowest BCUT2D eigenvalue weighted by atomic mass is 10.1. The first-order chi connectivity index (χ1) is 12.6. The summed E-state index contributed by atoms with van der Waals surface area (Å²) in [5.74, 6) is -0.209. The number of anilines is 1. The van der Waals surface area contributed by atoms with E-state index in [1.54, 1.807) is 17.0 Å². The van der Waals surface area contributed by atoms with Crippen molar-refractivity contribution in [2.75, 3.05) is 31.6 Å². The van der Waals surface area contributed by atoms with Crippen LogP contribution in [0.1, 0.15) is 28.9 Å². The van der Waals surface area contributed by atoms with Crippen molar-refractivity contribution in [1.82, 2.24) is 4.90 Å². The van der Waals surface area contributed by atoms with Crippen LogP contribution < -0.4 is 5.32 Å². The minimum Gasteiger partial charge on any atom is -0.378 e. The highest BCUT2D eigenvalue weighted by molar-refractivity contribution is 5.95. The highest BCUT2D eigenvalue weighted by atomic mass is 16.6. The third-order valence-corrected chi connectivity index (χ3v) is 4.41. The molecule has 0 unspecified atom stereocenters. The molecule has 3 rings (SSSR count). The average Bonchev–Trinajstić information content (AvgIpc) is 2.69. The number of ether oxygens (including phenoxy) is 1. The van der Waals surface area contributed by atoms with Gasteiger partial charge >= 0.3 is 0 Å². The molecule has 136 valence electrons. The number of carbonyl (C=O) groups is 1. The summed E-state index contributed by atoms with van der Waals surface area (Å²) in [6.45, 7) is 3.91. The number of benzene rings is 2. The zero-order chi connectivity index (χ0) is 18.5. The molecule has 26 heavy (non-hydrogen) atoms. The second-order valence-corrected chi connectivity index (χ2v) is 6.17. The normalized spacial score (nSPS) is 15.3. The van der Waals surface area contributed by atoms with Gasteiger partial charge in [-0.25, -0.2) is 0 Å². The largest absolute Gasteiger partial charge is 0.378 e. The summed E-state index contributed by atoms with van der Waals surface area (Å²) in [7, 11) is 0. The zero-order valence-corrected chi connectivity index (χ0v) is 14.6. The molecule has 0 radical (unpaired) electrons. The molecule has 1 heterocycles. The Kier molecular flexibility index (Phi) is 5.48. The van der Waals surface area contributed by atoms with Crippen molar-refractivity contribution >= 4 is 17.3 Å². The van der Waals surface area contributed by atoms with E-state index in [2.05, 4.69) is 5.32 Å². The van der Waals surface area contributed by atoms with E-state index >= 15 is 0 Å². The van der Waals surface area contributed by atoms with Gasteiger partial charge in [0.1, 0.15) is 5.69 Å². The monoisotopic (exact) mass is 355 g/mol. The molecule has 7 heteroatoms. The standard InChI is InChI=1S/C19H21N3O4/c1-14(15-5-3-2-4-6-15)20-17-8-7-16(13-18(17)22(24)25)19(23)21-9-11-26-12-10-21/h2-8,13-14,20H,9-12H2,1H3/t14-/m0/s1. The van der Waals surface area contributed by atoms with Crippen LogP contribution in [0.2, 0.25) is 0 Å². The number of rotatable bonds is 5. The van der Waals surface area contributed by atoms with Crippen LogP contribution in [0.25, 0.3) is 0 Å². The fourth-order valence-electron chi connectivity index (χ4n) is 2.95. The number of nitro benzene ring substituents is 1. The Morgan fingerprint density at radius 3 is 2.54 bits per heavy atom. The van der Waals surface area contributed by atoms with Crippen LogP contribution in [0.5, 0.6) is 0 Å². The summed E-state index contributed by atoms with van der Waals surface area (Å²) < 4.78 is 5.24. The molecule has 1 aliphatic rings. The van der Waals surface area contributed by atoms with Gasteiger partial charge in [0.25, 0.3) is 11.6 Å². The summed E-state index contributed by atoms with van der Waals surface area (Å²) in [4.78, 5) is 25.3. The smallest absolute Gasteiger partial charge is 0.293 e. The maximum absolute atomic E-state index is 12.6. The molecule has 0 saturated carbocycles. The Morgan fingerprint density at radius 1 is 1.19 bits per heavy atom. The second kappa shape index (κ2) is 7.97. The van der Waals surface area contributed by atoms with Crippen molar-refractivity contribution in [3.05, 3.63) is 69.8 Å². The molecule has 7 nitrogen and oxygen atoms in total. The summed E-state index contributed by atoms with van der Waals surface area (Å²) in [5, 5.41) is 14.7. The number of amides is 1. The minimum atomic E-state index is -0.462. The van der Waals surface area contributed by atoms with E-state index in [0.29, 0.717) is 37.6 Å². The van der Waals surface area contributed by atoms with Gasteiger partial charge in [0, 0.05) is 30.8 Å². The van der Waals surface area contributed by atoms with Crippen LogP contribution in [-0.4, -0.2) is 42.0 Å². The van der Waals surface area contributed by atoms with Gasteiger partial charge in [-0.05, 0) is 24.6 Å². The van der Waals surface area contributed by atoms with Gasteiger partial charge in [-0.15, -0.1) is 0 Å². The molecule has 0 aromatic heterocycles. The molecular formula is C19H21N3O4. The predicted octanol–water partition coefficient (Wildman–Crippen LogP) is 3.24. The molecule has 1 N–H and O–H groups in total. The van der Waals surface area contributed by atoms with Gasteiger partial charge in [0.15, 0.2) is 0 Å². The van der Waals surface area contributed by atoms with E-state index < -0.39 is 4.92 Å². The number of hydrogen-bond donors (Lipinski definition) is 1. The van der Waals surface area contributed by atoms with Crippen molar-refractivity contribution < 1.29 is 14.5 Å². The van der Waals surface area contributed by atoms with E-state index in [0.717, 1.165) is 5.56 Å². The van der Waals surface area contributed by atoms with Crippen LogP contribution >= 0.6 is 0 Å². The Bertz CT molecular complexity index is 789. The lowest BCUT2D eigenvalue weighted by Crippen LogP contribution is -2.40. The van der Waals surface area contributed by atoms with E-state index in [9.17, 15) is 14.9 Å². The fourth-order valence-corrected chi connectivity index (χ4v) is 2.95. The van der Waals surface area contributed by atoms with Crippen molar-refractivity contribution in [3.8, 4) is 0 Å². The maximum atomic E-state index is 12.6. The number of nitro groups is 1. The highest BCUT2D eigenvalue weighted by Gasteiger charge is 2.23. The molecular weight excluding hydrogens is 334 g/mol. The highest BCUT2D eigenvalue weighted by Crippen LogP contribution is 2.29. The Labute approximate surface area is 151 Å². The van der Waals surface area contributed by atoms with E-state index in [1.165, 1.54) is 6.07 Å². The number of carbonyl (C=O) groups excluding carboxylic acids is 1. The first-order valence-corrected chi connectivity index (χ1v) is 8.53. The van der Waals surface area contributed by atoms with Crippen molar-refractivity contribution in [1.29, 1.82) is 0 Å². The van der Waals surface area contributed by atoms with Gasteiger partial charge < -0.3 is 15.0 Å². The minimum absolute atomic E-state index is 0.101. The second-order valence-electron chi connectivity index (χ2n) is 6.17. The maximum Gasteiger partial charge on any atom is 0.293 e. The van der Waals surface area contributed by atoms with Crippen LogP contribution in [0.3, 0.4) is 0 Å². The lowest BCUT2D eigenvalue weighted by Gasteiger charge is -2.27. The average molecular weight is 355 g/mol. The molecule has 1 fully saturated rings. The molecule has 2 aromatic rings. The molecule has 1 saturated heterocycles. The molecule has 0 aliphatic carbocycles. The quantitative estimate of drug-likeness (QED) is 0.657. The third kappa shape index (κ3) is 4.00. The predicted molar refractivity (Wildman–Crippen MR) is 98.3 cm³/mol. The lowest BCUT2D eigenvalue weighted by molar-refractivity contribution is -0.384. The number of nitrogens with one attached hydrogen (secondary N) is 1. The summed E-state index contributed by atoms with van der Waals surface area (Å²) in [6, 6.07) is 14.2. The van der Waals surface area contributed by atoms with E-state index in [4.69, 9.17) is 4.74 Å². The molecule has 0 spiro atoms. The Balaban J connectivity index is 1.82. The first kappa shape index (κ1) is 17.9. The summed E-state index contributed by atoms with van der Waals surface area (Å²) in [5.41, 5.74) is 1.63. The molecule has 1 atom stereocenters. The van der Waals surface area contributed by atoms with E-state index in [-0.39, 0.29) is 17.6 Å². The van der Waals surface area contributed by atoms with Crippen molar-refractivity contribution in [3.63, 3.8) is 0 Å². The van der Waals surface area contributed by atoms with Gasteiger partial charge in [-0.3, -0.25) is 14.9 Å². The van der Waals surface area contributed by atoms with Crippen molar-refractivity contribution in [2.24, 2.45) is 0 Å².